The minimum atomic E-state index is 0. The van der Waals surface area contributed by atoms with E-state index in [1.807, 2.05) is 0 Å². The molecule has 0 aromatic heterocycles. The van der Waals surface area contributed by atoms with Crippen LogP contribution in [0.15, 0.2) is 0 Å². The van der Waals surface area contributed by atoms with Crippen molar-refractivity contribution >= 4 is 53.3 Å². The van der Waals surface area contributed by atoms with Crippen LogP contribution in [-0.4, -0.2) is 38.9 Å². The van der Waals surface area contributed by atoms with E-state index in [0.717, 1.165) is 0 Å². The fourth-order valence-electron chi connectivity index (χ4n) is 0. The molecule has 0 radical (unpaired) electrons. The van der Waals surface area contributed by atoms with E-state index < -0.39 is 0 Å². The van der Waals surface area contributed by atoms with Crippen LogP contribution in [0.2, 0.25) is 0 Å². The fourth-order valence-corrected chi connectivity index (χ4v) is 0. The molecule has 0 aliphatic heterocycles. The summed E-state index contributed by atoms with van der Waals surface area (Å²) in [5.74, 6) is 0. The van der Waals surface area contributed by atoms with Crippen LogP contribution in [0.5, 0.6) is 0 Å². The van der Waals surface area contributed by atoms with Gasteiger partial charge < -0.3 is 0 Å². The van der Waals surface area contributed by atoms with Gasteiger partial charge in [-0.25, -0.2) is 0 Å². The molecule has 5 heavy (non-hydrogen) atoms. The van der Waals surface area contributed by atoms with E-state index in [0.29, 0.717) is 0 Å². The number of halogens is 2. The van der Waals surface area contributed by atoms with Gasteiger partial charge in [0.25, 0.3) is 0 Å². The van der Waals surface area contributed by atoms with Crippen molar-refractivity contribution in [2.24, 2.45) is 0 Å². The Bertz CT molecular complexity index is 7.61. The van der Waals surface area contributed by atoms with E-state index in [1.165, 1.54) is 0 Å². The van der Waals surface area contributed by atoms with Crippen LogP contribution in [0.1, 0.15) is 0 Å². The monoisotopic (exact) mass is 128 g/mol. The molecule has 0 fully saturated rings. The quantitative estimate of drug-likeness (QED) is 0.437. The van der Waals surface area contributed by atoms with Crippen molar-refractivity contribution in [1.82, 2.24) is 0 Å². The average molecular weight is 129 g/mol. The summed E-state index contributed by atoms with van der Waals surface area (Å²) >= 11 is 7.28. The maximum atomic E-state index is 6.47. The first-order valence-electron chi connectivity index (χ1n) is 0.338. The Labute approximate surface area is 62.3 Å². The van der Waals surface area contributed by atoms with Crippen LogP contribution in [0.3, 0.4) is 0 Å². The number of hydrogen-bond acceptors (Lipinski definition) is 2. The van der Waals surface area contributed by atoms with E-state index in [1.54, 1.807) is 0 Å². The summed E-state index contributed by atoms with van der Waals surface area (Å²) in [7, 11) is 0. The van der Waals surface area contributed by atoms with Gasteiger partial charge >= 0.3 is 29.6 Å². The van der Waals surface area contributed by atoms with Gasteiger partial charge in [-0.1, -0.05) is 0 Å². The van der Waals surface area contributed by atoms with Crippen molar-refractivity contribution in [3.8, 4) is 0 Å². The second-order valence-electron chi connectivity index (χ2n) is 0. The normalized spacial score (nSPS) is 2.40. The van der Waals surface area contributed by atoms with Crippen molar-refractivity contribution < 1.29 is 9.32 Å². The van der Waals surface area contributed by atoms with Gasteiger partial charge in [-0.3, -0.25) is 9.32 Å². The Morgan fingerprint density at radius 1 is 0.800 bits per heavy atom. The first kappa shape index (κ1) is 16.1. The van der Waals surface area contributed by atoms with Gasteiger partial charge in [0, 0.05) is 0 Å². The predicted molar refractivity (Wildman–Crippen MR) is 23.3 cm³/mol. The Kier molecular flexibility index (Phi) is 159. The molecule has 0 aliphatic carbocycles. The first-order valence-corrected chi connectivity index (χ1v) is 1.01. The van der Waals surface area contributed by atoms with E-state index in [-0.39, 0.29) is 29.6 Å². The van der Waals surface area contributed by atoms with Gasteiger partial charge in [0.05, 0.1) is 23.7 Å². The molecule has 2 N–H and O–H groups in total. The molecule has 0 amide bonds. The number of rotatable bonds is 0. The summed E-state index contributed by atoms with van der Waals surface area (Å²) in [6, 6.07) is 0. The third-order valence-corrected chi connectivity index (χ3v) is 0. The molecule has 0 aromatic rings. The molecule has 0 bridgehead atoms. The third kappa shape index (κ3) is 29.9. The Balaban J connectivity index is -0.0000000133. The van der Waals surface area contributed by atoms with E-state index in [2.05, 4.69) is 23.7 Å². The van der Waals surface area contributed by atoms with Crippen LogP contribution >= 0.6 is 23.7 Å². The van der Waals surface area contributed by atoms with Crippen LogP contribution in [0.25, 0.3) is 0 Å². The summed E-state index contributed by atoms with van der Waals surface area (Å²) in [6.45, 7) is 0. The van der Waals surface area contributed by atoms with Crippen molar-refractivity contribution in [1.29, 1.82) is 0 Å². The zero-order valence-corrected chi connectivity index (χ0v) is 3.16. The van der Waals surface area contributed by atoms with Crippen LogP contribution in [0, 0.1) is 0 Å². The molecule has 0 saturated carbocycles. The average Bonchev–Trinajstić information content (AvgIpc) is 1.50. The standard InChI is InChI=1S/2ClHO.Na.H/c2*1-2;;/h2*2H;;. The van der Waals surface area contributed by atoms with Crippen LogP contribution in [0.4, 0.5) is 0 Å². The molecule has 0 atom stereocenters. The molecule has 0 spiro atoms. The van der Waals surface area contributed by atoms with Crippen molar-refractivity contribution in [3.63, 3.8) is 0 Å². The molecule has 2 nitrogen and oxygen atoms in total. The molecule has 0 aromatic carbocycles. The second kappa shape index (κ2) is 49.5. The van der Waals surface area contributed by atoms with E-state index in [9.17, 15) is 0 Å². The van der Waals surface area contributed by atoms with Gasteiger partial charge in [-0.15, -0.1) is 0 Å². The second-order valence-corrected chi connectivity index (χ2v) is 0. The summed E-state index contributed by atoms with van der Waals surface area (Å²) in [4.78, 5) is 0. The topological polar surface area (TPSA) is 40.5 Å². The summed E-state index contributed by atoms with van der Waals surface area (Å²) < 4.78 is 12.9. The van der Waals surface area contributed by atoms with E-state index >= 15 is 0 Å². The Morgan fingerprint density at radius 3 is 0.800 bits per heavy atom. The molecule has 0 saturated heterocycles. The van der Waals surface area contributed by atoms with Crippen LogP contribution < -0.4 is 0 Å². The van der Waals surface area contributed by atoms with Gasteiger partial charge in [-0.2, -0.15) is 0 Å². The molecule has 0 unspecified atom stereocenters. The molecular weight excluding hydrogens is 126 g/mol. The van der Waals surface area contributed by atoms with Crippen LogP contribution in [-0.2, 0) is 0 Å². The van der Waals surface area contributed by atoms with Crippen molar-refractivity contribution in [2.75, 3.05) is 0 Å². The molecule has 0 heterocycles. The molecule has 30 valence electrons. The summed E-state index contributed by atoms with van der Waals surface area (Å²) in [5.41, 5.74) is 0. The van der Waals surface area contributed by atoms with Gasteiger partial charge in [-0.05, 0) is 0 Å². The molecular formula is H3Cl2NaO2. The minimum absolute atomic E-state index is 0. The molecule has 0 rings (SSSR count). The maximum absolute atomic E-state index is 6.47. The predicted octanol–water partition coefficient (Wildman–Crippen LogP) is -0.384. The van der Waals surface area contributed by atoms with Gasteiger partial charge in [0.15, 0.2) is 0 Å². The zero-order chi connectivity index (χ0) is 4.00. The molecule has 5 heteroatoms. The van der Waals surface area contributed by atoms with Gasteiger partial charge in [0.2, 0.25) is 0 Å². The number of hydrogen-bond donors (Lipinski definition) is 2. The zero-order valence-electron chi connectivity index (χ0n) is 1.65. The summed E-state index contributed by atoms with van der Waals surface area (Å²) in [6.07, 6.45) is 0. The van der Waals surface area contributed by atoms with Gasteiger partial charge in [0.1, 0.15) is 0 Å². The Hall–Kier alpha value is 1.50. The molecule has 0 aliphatic rings. The summed E-state index contributed by atoms with van der Waals surface area (Å²) in [5, 5.41) is 0. The first-order chi connectivity index (χ1) is 2.00. The van der Waals surface area contributed by atoms with E-state index in [4.69, 9.17) is 9.32 Å². The Morgan fingerprint density at radius 2 is 0.800 bits per heavy atom. The van der Waals surface area contributed by atoms with Crippen molar-refractivity contribution in [3.05, 3.63) is 0 Å². The third-order valence-electron chi connectivity index (χ3n) is 0. The SMILES string of the molecule is OCl.OCl.[NaH]. The van der Waals surface area contributed by atoms with Crippen molar-refractivity contribution in [2.45, 2.75) is 0 Å². The fraction of sp³-hybridized carbons (Fsp3) is 0.